The average Bonchev–Trinajstić information content (AvgIpc) is 3.20. The van der Waals surface area contributed by atoms with Gasteiger partial charge in [0.2, 0.25) is 11.8 Å². The van der Waals surface area contributed by atoms with E-state index in [0.29, 0.717) is 23.6 Å². The fraction of sp³-hybridized carbons (Fsp3) is 0.538. The van der Waals surface area contributed by atoms with Crippen LogP contribution in [0.4, 0.5) is 0 Å². The third-order valence-electron chi connectivity index (χ3n) is 5.97. The fourth-order valence-corrected chi connectivity index (χ4v) is 5.21. The van der Waals surface area contributed by atoms with Gasteiger partial charge in [-0.3, -0.25) is 9.59 Å². The number of nitrogens with zero attached hydrogens (tertiary/aromatic N) is 1. The molecule has 0 spiro atoms. The van der Waals surface area contributed by atoms with Crippen LogP contribution in [0.2, 0.25) is 0 Å². The number of ether oxygens (including phenoxy) is 2. The molecule has 1 aromatic heterocycles. The largest absolute Gasteiger partial charge is 0.493 e. The first-order chi connectivity index (χ1) is 16.4. The Bertz CT molecular complexity index is 927. The quantitative estimate of drug-likeness (QED) is 0.332. The van der Waals surface area contributed by atoms with Crippen LogP contribution in [0.5, 0.6) is 11.5 Å². The molecule has 0 unspecified atom stereocenters. The Balaban J connectivity index is 1.99. The molecular weight excluding hydrogens is 472 g/mol. The van der Waals surface area contributed by atoms with E-state index >= 15 is 0 Å². The predicted octanol–water partition coefficient (Wildman–Crippen LogP) is 5.69. The lowest BCUT2D eigenvalue weighted by atomic mass is 10.0. The second-order valence-electron chi connectivity index (χ2n) is 8.91. The van der Waals surface area contributed by atoms with Crippen LogP contribution >= 0.6 is 22.9 Å². The van der Waals surface area contributed by atoms with Crippen LogP contribution in [-0.4, -0.2) is 41.8 Å². The molecule has 1 fully saturated rings. The van der Waals surface area contributed by atoms with Crippen LogP contribution in [-0.2, 0) is 16.1 Å². The number of rotatable bonds is 10. The zero-order valence-corrected chi connectivity index (χ0v) is 21.8. The molecule has 1 atom stereocenters. The van der Waals surface area contributed by atoms with Gasteiger partial charge in [-0.25, -0.2) is 0 Å². The molecule has 186 valence electrons. The normalized spacial score (nSPS) is 15.4. The number of alkyl halides is 1. The highest BCUT2D eigenvalue weighted by molar-refractivity contribution is 7.09. The molecule has 0 bridgehead atoms. The molecule has 0 radical (unpaired) electrons. The molecule has 1 saturated carbocycles. The highest BCUT2D eigenvalue weighted by atomic mass is 35.5. The van der Waals surface area contributed by atoms with E-state index in [1.54, 1.807) is 35.5 Å². The van der Waals surface area contributed by atoms with Gasteiger partial charge in [0, 0.05) is 10.9 Å². The summed E-state index contributed by atoms with van der Waals surface area (Å²) in [5.74, 6) is 0.425. The van der Waals surface area contributed by atoms with Crippen molar-refractivity contribution in [3.05, 3.63) is 46.2 Å². The van der Waals surface area contributed by atoms with Gasteiger partial charge in [0.15, 0.2) is 11.5 Å². The van der Waals surface area contributed by atoms with E-state index in [1.165, 1.54) is 12.8 Å². The topological polar surface area (TPSA) is 67.9 Å². The maximum Gasteiger partial charge on any atom is 0.247 e. The number of benzene rings is 1. The Morgan fingerprint density at radius 1 is 1.15 bits per heavy atom. The Hall–Kier alpha value is -2.25. The van der Waals surface area contributed by atoms with Gasteiger partial charge in [-0.1, -0.05) is 37.8 Å². The van der Waals surface area contributed by atoms with Crippen molar-refractivity contribution >= 4 is 34.8 Å². The summed E-state index contributed by atoms with van der Waals surface area (Å²) in [4.78, 5) is 29.4. The van der Waals surface area contributed by atoms with E-state index in [-0.39, 0.29) is 29.8 Å². The first-order valence-corrected chi connectivity index (χ1v) is 13.4. The number of hydrogen-bond donors (Lipinski definition) is 1. The molecule has 8 heteroatoms. The Morgan fingerprint density at radius 3 is 2.47 bits per heavy atom. The Kier molecular flexibility index (Phi) is 10.1. The van der Waals surface area contributed by atoms with Gasteiger partial charge in [-0.15, -0.1) is 22.9 Å². The van der Waals surface area contributed by atoms with Crippen LogP contribution < -0.4 is 14.8 Å². The molecule has 0 aliphatic heterocycles. The van der Waals surface area contributed by atoms with Gasteiger partial charge in [-0.2, -0.15) is 0 Å². The van der Waals surface area contributed by atoms with Crippen molar-refractivity contribution in [2.75, 3.05) is 13.0 Å². The van der Waals surface area contributed by atoms with Crippen LogP contribution in [0, 0.1) is 0 Å². The number of amides is 2. The minimum atomic E-state index is -0.835. The summed E-state index contributed by atoms with van der Waals surface area (Å²) in [6, 6.07) is 8.59. The molecular formula is C26H35ClN2O4S. The molecule has 1 N–H and O–H groups in total. The van der Waals surface area contributed by atoms with Crippen LogP contribution in [0.15, 0.2) is 35.7 Å². The van der Waals surface area contributed by atoms with Gasteiger partial charge in [0.1, 0.15) is 11.9 Å². The molecule has 0 saturated heterocycles. The number of nitrogens with one attached hydrogen (secondary N) is 1. The predicted molar refractivity (Wildman–Crippen MR) is 137 cm³/mol. The second-order valence-corrected chi connectivity index (χ2v) is 10.2. The van der Waals surface area contributed by atoms with Gasteiger partial charge in [-0.05, 0) is 55.8 Å². The maximum atomic E-state index is 13.8. The van der Waals surface area contributed by atoms with E-state index in [2.05, 4.69) is 5.32 Å². The fourth-order valence-electron chi connectivity index (χ4n) is 4.35. The lowest BCUT2D eigenvalue weighted by Gasteiger charge is -2.32. The van der Waals surface area contributed by atoms with Gasteiger partial charge in [0.25, 0.3) is 0 Å². The zero-order valence-electron chi connectivity index (χ0n) is 20.2. The molecule has 2 amide bonds. The van der Waals surface area contributed by atoms with E-state index in [1.807, 2.05) is 37.4 Å². The maximum absolute atomic E-state index is 13.8. The molecule has 1 aromatic carbocycles. The lowest BCUT2D eigenvalue weighted by molar-refractivity contribution is -0.140. The minimum Gasteiger partial charge on any atom is -0.493 e. The van der Waals surface area contributed by atoms with Crippen LogP contribution in [0.3, 0.4) is 0 Å². The van der Waals surface area contributed by atoms with Crippen molar-refractivity contribution in [1.29, 1.82) is 0 Å². The lowest BCUT2D eigenvalue weighted by Crippen LogP contribution is -2.46. The Labute approximate surface area is 211 Å². The van der Waals surface area contributed by atoms with Crippen molar-refractivity contribution in [3.63, 3.8) is 0 Å². The van der Waals surface area contributed by atoms with Gasteiger partial charge < -0.3 is 19.7 Å². The molecule has 2 aromatic rings. The SMILES string of the molecule is COc1cc([C@@H](C(=O)NC2CCCCCC2)N(Cc2cccs2)C(=O)CCl)ccc1OC(C)C. The number of halogens is 1. The zero-order chi connectivity index (χ0) is 24.5. The monoisotopic (exact) mass is 506 g/mol. The van der Waals surface area contributed by atoms with E-state index in [4.69, 9.17) is 21.1 Å². The summed E-state index contributed by atoms with van der Waals surface area (Å²) in [6.07, 6.45) is 6.48. The number of carbonyl (C=O) groups is 2. The molecule has 1 aliphatic rings. The summed E-state index contributed by atoms with van der Waals surface area (Å²) in [5.41, 5.74) is 0.661. The number of hydrogen-bond acceptors (Lipinski definition) is 5. The van der Waals surface area contributed by atoms with E-state index in [9.17, 15) is 9.59 Å². The number of thiophene rings is 1. The van der Waals surface area contributed by atoms with Crippen molar-refractivity contribution in [2.24, 2.45) is 0 Å². The second kappa shape index (κ2) is 13.0. The highest BCUT2D eigenvalue weighted by Crippen LogP contribution is 2.34. The summed E-state index contributed by atoms with van der Waals surface area (Å²) >= 11 is 7.56. The number of methoxy groups -OCH3 is 1. The molecule has 34 heavy (non-hydrogen) atoms. The van der Waals surface area contributed by atoms with Crippen LogP contribution in [0.25, 0.3) is 0 Å². The van der Waals surface area contributed by atoms with Gasteiger partial charge >= 0.3 is 0 Å². The van der Waals surface area contributed by atoms with Crippen LogP contribution in [0.1, 0.15) is 68.9 Å². The average molecular weight is 507 g/mol. The first-order valence-electron chi connectivity index (χ1n) is 12.0. The van der Waals surface area contributed by atoms with Crippen molar-refractivity contribution in [3.8, 4) is 11.5 Å². The molecule has 3 rings (SSSR count). The first kappa shape index (κ1) is 26.4. The number of carbonyl (C=O) groups excluding carboxylic acids is 2. The summed E-state index contributed by atoms with van der Waals surface area (Å²) in [7, 11) is 1.57. The molecule has 1 aliphatic carbocycles. The summed E-state index contributed by atoms with van der Waals surface area (Å²) < 4.78 is 11.4. The minimum absolute atomic E-state index is 0.0257. The molecule has 1 heterocycles. The van der Waals surface area contributed by atoms with E-state index in [0.717, 1.165) is 30.6 Å². The summed E-state index contributed by atoms with van der Waals surface area (Å²) in [5, 5.41) is 5.19. The van der Waals surface area contributed by atoms with Crippen molar-refractivity contribution < 1.29 is 19.1 Å². The smallest absolute Gasteiger partial charge is 0.247 e. The summed E-state index contributed by atoms with van der Waals surface area (Å²) in [6.45, 7) is 4.19. The standard InChI is InChI=1S/C26H35ClN2O4S/c1-18(2)33-22-13-12-19(15-23(22)32-3)25(26(31)28-20-9-6-4-5-7-10-20)29(24(30)16-27)17-21-11-8-14-34-21/h8,11-15,18,20,25H,4-7,9-10,16-17H2,1-3H3,(H,28,31)/t25-/m0/s1. The van der Waals surface area contributed by atoms with Crippen molar-refractivity contribution in [1.82, 2.24) is 10.2 Å². The van der Waals surface area contributed by atoms with Gasteiger partial charge in [0.05, 0.1) is 19.8 Å². The highest BCUT2D eigenvalue weighted by Gasteiger charge is 2.33. The third kappa shape index (κ3) is 7.12. The Morgan fingerprint density at radius 2 is 1.88 bits per heavy atom. The van der Waals surface area contributed by atoms with Crippen molar-refractivity contribution in [2.45, 2.75) is 77.1 Å². The third-order valence-corrected chi connectivity index (χ3v) is 7.06. The van der Waals surface area contributed by atoms with E-state index < -0.39 is 6.04 Å². The molecule has 6 nitrogen and oxygen atoms in total.